The molecule has 28 heavy (non-hydrogen) atoms. The molecule has 0 unspecified atom stereocenters. The molecule has 1 aromatic rings. The van der Waals surface area contributed by atoms with Gasteiger partial charge in [0.25, 0.3) is 0 Å². The van der Waals surface area contributed by atoms with Crippen LogP contribution in [0, 0.1) is 11.7 Å². The average Bonchev–Trinajstić information content (AvgIpc) is 2.62. The van der Waals surface area contributed by atoms with E-state index in [9.17, 15) is 9.18 Å². The molecule has 156 valence electrons. The van der Waals surface area contributed by atoms with Gasteiger partial charge in [0, 0.05) is 25.3 Å². The zero-order valence-corrected chi connectivity index (χ0v) is 17.4. The highest BCUT2D eigenvalue weighted by molar-refractivity contribution is 5.68. The second-order valence-electron chi connectivity index (χ2n) is 9.27. The first-order valence-corrected chi connectivity index (χ1v) is 10.5. The number of ether oxygens (including phenoxy) is 1. The number of carbonyl (C=O) groups is 1. The van der Waals surface area contributed by atoms with Crippen LogP contribution in [-0.4, -0.2) is 54.2 Å². The van der Waals surface area contributed by atoms with Crippen molar-refractivity contribution in [1.29, 1.82) is 0 Å². The molecule has 3 rings (SSSR count). The van der Waals surface area contributed by atoms with Crippen LogP contribution in [0.25, 0.3) is 0 Å². The summed E-state index contributed by atoms with van der Waals surface area (Å²) < 4.78 is 19.6. The molecular weight excluding hydrogens is 357 g/mol. The highest BCUT2D eigenvalue weighted by atomic mass is 19.1. The van der Waals surface area contributed by atoms with Gasteiger partial charge in [0.05, 0.1) is 0 Å². The fourth-order valence-corrected chi connectivity index (χ4v) is 4.29. The van der Waals surface area contributed by atoms with Crippen molar-refractivity contribution in [1.82, 2.24) is 9.80 Å². The molecule has 2 aliphatic rings. The number of likely N-dealkylation sites (tertiary alicyclic amines) is 2. The van der Waals surface area contributed by atoms with Gasteiger partial charge >= 0.3 is 6.09 Å². The summed E-state index contributed by atoms with van der Waals surface area (Å²) >= 11 is 0. The second kappa shape index (κ2) is 8.68. The van der Waals surface area contributed by atoms with Crippen molar-refractivity contribution in [3.05, 3.63) is 29.6 Å². The summed E-state index contributed by atoms with van der Waals surface area (Å²) in [6.07, 6.45) is 3.81. The summed E-state index contributed by atoms with van der Waals surface area (Å²) in [6, 6.07) is 5.07. The van der Waals surface area contributed by atoms with Crippen LogP contribution < -0.4 is 5.73 Å². The molecule has 0 saturated carbocycles. The van der Waals surface area contributed by atoms with Crippen molar-refractivity contribution in [3.8, 4) is 0 Å². The van der Waals surface area contributed by atoms with Gasteiger partial charge in [-0.3, -0.25) is 0 Å². The van der Waals surface area contributed by atoms with Gasteiger partial charge in [-0.25, -0.2) is 9.18 Å². The number of nitrogens with zero attached hydrogens (tertiary/aromatic N) is 2. The van der Waals surface area contributed by atoms with E-state index in [1.54, 1.807) is 6.07 Å². The first-order chi connectivity index (χ1) is 13.2. The van der Waals surface area contributed by atoms with Crippen LogP contribution in [0.5, 0.6) is 0 Å². The minimum atomic E-state index is -0.442. The zero-order chi connectivity index (χ0) is 20.3. The number of hydrogen-bond acceptors (Lipinski definition) is 4. The van der Waals surface area contributed by atoms with Crippen molar-refractivity contribution >= 4 is 11.8 Å². The van der Waals surface area contributed by atoms with Crippen molar-refractivity contribution < 1.29 is 13.9 Å². The number of hydrogen-bond donors (Lipinski definition) is 1. The predicted molar refractivity (Wildman–Crippen MR) is 110 cm³/mol. The van der Waals surface area contributed by atoms with Crippen molar-refractivity contribution in [3.63, 3.8) is 0 Å². The van der Waals surface area contributed by atoms with Gasteiger partial charge in [-0.2, -0.15) is 0 Å². The number of nitrogens with two attached hydrogens (primary N) is 1. The second-order valence-corrected chi connectivity index (χ2v) is 9.27. The minimum absolute atomic E-state index is 0.173. The van der Waals surface area contributed by atoms with Crippen LogP contribution in [-0.2, 0) is 4.74 Å². The lowest BCUT2D eigenvalue weighted by atomic mass is 9.88. The van der Waals surface area contributed by atoms with Crippen LogP contribution in [0.2, 0.25) is 0 Å². The highest BCUT2D eigenvalue weighted by Gasteiger charge is 2.29. The predicted octanol–water partition coefficient (Wildman–Crippen LogP) is 4.23. The molecule has 2 N–H and O–H groups in total. The quantitative estimate of drug-likeness (QED) is 0.783. The number of rotatable bonds is 3. The molecule has 2 aliphatic heterocycles. The Morgan fingerprint density at radius 2 is 1.79 bits per heavy atom. The van der Waals surface area contributed by atoms with Gasteiger partial charge in [0.15, 0.2) is 0 Å². The van der Waals surface area contributed by atoms with E-state index in [2.05, 4.69) is 4.90 Å². The number of carbonyl (C=O) groups excluding carboxylic acids is 1. The smallest absolute Gasteiger partial charge is 0.410 e. The Balaban J connectivity index is 1.42. The lowest BCUT2D eigenvalue weighted by Gasteiger charge is -2.38. The maximum absolute atomic E-state index is 14.2. The van der Waals surface area contributed by atoms with E-state index in [4.69, 9.17) is 10.5 Å². The van der Waals surface area contributed by atoms with Crippen molar-refractivity contribution in [2.75, 3.05) is 38.5 Å². The summed E-state index contributed by atoms with van der Waals surface area (Å²) in [7, 11) is 0. The molecule has 0 radical (unpaired) electrons. The molecule has 1 amide bonds. The average molecular weight is 392 g/mol. The Labute approximate surface area is 168 Å². The Bertz CT molecular complexity index is 673. The Morgan fingerprint density at radius 3 is 2.36 bits per heavy atom. The van der Waals surface area contributed by atoms with Gasteiger partial charge < -0.3 is 20.3 Å². The summed E-state index contributed by atoms with van der Waals surface area (Å²) in [6.45, 7) is 10.3. The lowest BCUT2D eigenvalue weighted by molar-refractivity contribution is 0.0165. The number of halogens is 1. The van der Waals surface area contributed by atoms with Crippen LogP contribution >= 0.6 is 0 Å². The van der Waals surface area contributed by atoms with Gasteiger partial charge in [-0.15, -0.1) is 0 Å². The van der Waals surface area contributed by atoms with Crippen LogP contribution in [0.1, 0.15) is 57.9 Å². The largest absolute Gasteiger partial charge is 0.444 e. The summed E-state index contributed by atoms with van der Waals surface area (Å²) in [5, 5.41) is 0. The van der Waals surface area contributed by atoms with E-state index in [0.717, 1.165) is 64.0 Å². The Kier molecular flexibility index (Phi) is 6.48. The number of amides is 1. The van der Waals surface area contributed by atoms with E-state index in [-0.39, 0.29) is 17.8 Å². The third kappa shape index (κ3) is 5.60. The third-order valence-electron chi connectivity index (χ3n) is 5.83. The monoisotopic (exact) mass is 391 g/mol. The van der Waals surface area contributed by atoms with Gasteiger partial charge in [-0.05, 0) is 89.1 Å². The lowest BCUT2D eigenvalue weighted by Crippen LogP contribution is -2.44. The fourth-order valence-electron chi connectivity index (χ4n) is 4.29. The van der Waals surface area contributed by atoms with E-state index in [1.807, 2.05) is 31.7 Å². The number of piperidine rings is 2. The van der Waals surface area contributed by atoms with Crippen LogP contribution in [0.4, 0.5) is 14.9 Å². The van der Waals surface area contributed by atoms with Crippen molar-refractivity contribution in [2.45, 2.75) is 58.0 Å². The molecule has 0 spiro atoms. The molecule has 0 atom stereocenters. The molecule has 2 heterocycles. The molecule has 2 fully saturated rings. The standard InChI is InChI=1S/C22H34FN3O2/c1-22(2,3)28-21(27)26-12-6-16(7-13-26)15-25-10-8-17(9-11-25)19-5-4-18(24)14-20(19)23/h4-5,14,16-17H,6-13,15,24H2,1-3H3. The number of nitrogen functional groups attached to an aromatic ring is 1. The van der Waals surface area contributed by atoms with E-state index < -0.39 is 5.60 Å². The molecular formula is C22H34FN3O2. The van der Waals surface area contributed by atoms with E-state index in [1.165, 1.54) is 6.07 Å². The molecule has 0 bridgehead atoms. The van der Waals surface area contributed by atoms with Gasteiger partial charge in [0.1, 0.15) is 11.4 Å². The fraction of sp³-hybridized carbons (Fsp3) is 0.682. The topological polar surface area (TPSA) is 58.8 Å². The van der Waals surface area contributed by atoms with E-state index in [0.29, 0.717) is 11.6 Å². The van der Waals surface area contributed by atoms with Crippen LogP contribution in [0.3, 0.4) is 0 Å². The Hall–Kier alpha value is -1.82. The first-order valence-electron chi connectivity index (χ1n) is 10.5. The van der Waals surface area contributed by atoms with Crippen LogP contribution in [0.15, 0.2) is 18.2 Å². The SMILES string of the molecule is CC(C)(C)OC(=O)N1CCC(CN2CCC(c3ccc(N)cc3F)CC2)CC1. The molecule has 0 aromatic heterocycles. The summed E-state index contributed by atoms with van der Waals surface area (Å²) in [5.41, 5.74) is 6.51. The third-order valence-corrected chi connectivity index (χ3v) is 5.83. The highest BCUT2D eigenvalue weighted by Crippen LogP contribution is 2.31. The summed E-state index contributed by atoms with van der Waals surface area (Å²) in [4.78, 5) is 16.5. The number of benzene rings is 1. The maximum atomic E-state index is 14.2. The van der Waals surface area contributed by atoms with Gasteiger partial charge in [-0.1, -0.05) is 6.07 Å². The molecule has 6 heteroatoms. The Morgan fingerprint density at radius 1 is 1.14 bits per heavy atom. The van der Waals surface area contributed by atoms with E-state index >= 15 is 0 Å². The van der Waals surface area contributed by atoms with Crippen molar-refractivity contribution in [2.24, 2.45) is 5.92 Å². The normalized spacial score (nSPS) is 20.4. The minimum Gasteiger partial charge on any atom is -0.444 e. The molecule has 1 aromatic carbocycles. The number of anilines is 1. The first kappa shape index (κ1) is 20.9. The molecule has 5 nitrogen and oxygen atoms in total. The summed E-state index contributed by atoms with van der Waals surface area (Å²) in [5.74, 6) is 0.724. The van der Waals surface area contributed by atoms with Gasteiger partial charge in [0.2, 0.25) is 0 Å². The molecule has 2 saturated heterocycles. The maximum Gasteiger partial charge on any atom is 0.410 e. The zero-order valence-electron chi connectivity index (χ0n) is 17.4. The molecule has 0 aliphatic carbocycles.